The molecule has 1 amide bonds. The molecule has 0 aromatic heterocycles. The highest BCUT2D eigenvalue weighted by molar-refractivity contribution is 5.94. The van der Waals surface area contributed by atoms with E-state index in [0.717, 1.165) is 17.0 Å². The van der Waals surface area contributed by atoms with E-state index in [2.05, 4.69) is 5.32 Å². The van der Waals surface area contributed by atoms with Crippen molar-refractivity contribution in [3.8, 4) is 5.75 Å². The van der Waals surface area contributed by atoms with Gasteiger partial charge < -0.3 is 15.8 Å². The summed E-state index contributed by atoms with van der Waals surface area (Å²) in [5.74, 6) is 0.677. The predicted octanol–water partition coefficient (Wildman–Crippen LogP) is 1.04. The Labute approximate surface area is 82.1 Å². The third-order valence-electron chi connectivity index (χ3n) is 2.34. The number of rotatable bonds is 1. The number of carbonyl (C=O) groups excluding carboxylic acids is 1. The summed E-state index contributed by atoms with van der Waals surface area (Å²) < 4.78 is 5.06. The Morgan fingerprint density at radius 1 is 1.57 bits per heavy atom. The van der Waals surface area contributed by atoms with E-state index in [1.807, 2.05) is 12.1 Å². The van der Waals surface area contributed by atoms with E-state index in [-0.39, 0.29) is 11.9 Å². The molecule has 1 atom stereocenters. The number of fused-ring (bicyclic) bond motifs is 1. The number of hydrogen-bond acceptors (Lipinski definition) is 3. The fraction of sp³-hybridized carbons (Fsp3) is 0.300. The van der Waals surface area contributed by atoms with Crippen molar-refractivity contribution in [3.63, 3.8) is 0 Å². The maximum absolute atomic E-state index is 11.2. The zero-order valence-corrected chi connectivity index (χ0v) is 7.91. The Hall–Kier alpha value is -1.55. The SMILES string of the molecule is COc1ccc2c(c1)NC(=O)CC2N. The van der Waals surface area contributed by atoms with Gasteiger partial charge in [-0.05, 0) is 11.6 Å². The lowest BCUT2D eigenvalue weighted by atomic mass is 9.98. The molecule has 0 saturated heterocycles. The monoisotopic (exact) mass is 192 g/mol. The van der Waals surface area contributed by atoms with Gasteiger partial charge in [0.15, 0.2) is 0 Å². The number of carbonyl (C=O) groups is 1. The van der Waals surface area contributed by atoms with Crippen LogP contribution in [0.25, 0.3) is 0 Å². The number of methoxy groups -OCH3 is 1. The molecule has 0 spiro atoms. The Bertz CT molecular complexity index is 376. The van der Waals surface area contributed by atoms with E-state index < -0.39 is 0 Å². The van der Waals surface area contributed by atoms with Gasteiger partial charge in [0, 0.05) is 24.2 Å². The molecule has 1 aromatic rings. The summed E-state index contributed by atoms with van der Waals surface area (Å²) in [5, 5.41) is 2.77. The van der Waals surface area contributed by atoms with Crippen molar-refractivity contribution in [1.82, 2.24) is 0 Å². The highest BCUT2D eigenvalue weighted by atomic mass is 16.5. The van der Waals surface area contributed by atoms with Crippen LogP contribution < -0.4 is 15.8 Å². The second-order valence-corrected chi connectivity index (χ2v) is 3.31. The number of anilines is 1. The maximum Gasteiger partial charge on any atom is 0.226 e. The highest BCUT2D eigenvalue weighted by Crippen LogP contribution is 2.31. The molecule has 1 aliphatic heterocycles. The molecule has 0 fully saturated rings. The molecule has 0 saturated carbocycles. The summed E-state index contributed by atoms with van der Waals surface area (Å²) in [6, 6.07) is 5.31. The zero-order valence-electron chi connectivity index (χ0n) is 7.91. The summed E-state index contributed by atoms with van der Waals surface area (Å²) in [6.07, 6.45) is 0.347. The molecule has 0 radical (unpaired) electrons. The van der Waals surface area contributed by atoms with Crippen LogP contribution in [-0.2, 0) is 4.79 Å². The molecule has 1 aromatic carbocycles. The minimum atomic E-state index is -0.204. The van der Waals surface area contributed by atoms with Crippen LogP contribution in [0.15, 0.2) is 18.2 Å². The first kappa shape index (κ1) is 9.02. The number of benzene rings is 1. The number of amides is 1. The molecule has 1 aliphatic rings. The van der Waals surface area contributed by atoms with Crippen molar-refractivity contribution in [2.75, 3.05) is 12.4 Å². The fourth-order valence-electron chi connectivity index (χ4n) is 1.60. The maximum atomic E-state index is 11.2. The second kappa shape index (κ2) is 3.31. The fourth-order valence-corrected chi connectivity index (χ4v) is 1.60. The van der Waals surface area contributed by atoms with Crippen molar-refractivity contribution >= 4 is 11.6 Å². The third-order valence-corrected chi connectivity index (χ3v) is 2.34. The molecule has 2 rings (SSSR count). The van der Waals surface area contributed by atoms with E-state index in [1.54, 1.807) is 13.2 Å². The van der Waals surface area contributed by atoms with Crippen LogP contribution >= 0.6 is 0 Å². The van der Waals surface area contributed by atoms with E-state index in [9.17, 15) is 4.79 Å². The van der Waals surface area contributed by atoms with Gasteiger partial charge in [-0.2, -0.15) is 0 Å². The number of ether oxygens (including phenoxy) is 1. The molecular weight excluding hydrogens is 180 g/mol. The first-order chi connectivity index (χ1) is 6.70. The van der Waals surface area contributed by atoms with Gasteiger partial charge in [-0.1, -0.05) is 6.07 Å². The minimum absolute atomic E-state index is 0.0433. The molecule has 4 nitrogen and oxygen atoms in total. The molecule has 4 heteroatoms. The summed E-state index contributed by atoms with van der Waals surface area (Å²) >= 11 is 0. The van der Waals surface area contributed by atoms with Crippen LogP contribution in [0.3, 0.4) is 0 Å². The topological polar surface area (TPSA) is 64.3 Å². The van der Waals surface area contributed by atoms with Gasteiger partial charge in [0.05, 0.1) is 7.11 Å². The average Bonchev–Trinajstić information content (AvgIpc) is 2.16. The van der Waals surface area contributed by atoms with Gasteiger partial charge in [0.1, 0.15) is 5.75 Å². The van der Waals surface area contributed by atoms with E-state index in [0.29, 0.717) is 6.42 Å². The van der Waals surface area contributed by atoms with Crippen LogP contribution in [0.1, 0.15) is 18.0 Å². The van der Waals surface area contributed by atoms with E-state index in [4.69, 9.17) is 10.5 Å². The van der Waals surface area contributed by atoms with Crippen LogP contribution in [0.2, 0.25) is 0 Å². The van der Waals surface area contributed by atoms with Gasteiger partial charge in [-0.15, -0.1) is 0 Å². The summed E-state index contributed by atoms with van der Waals surface area (Å²) in [4.78, 5) is 11.2. The van der Waals surface area contributed by atoms with Gasteiger partial charge >= 0.3 is 0 Å². The standard InChI is InChI=1S/C10H12N2O2/c1-14-6-2-3-7-8(11)5-10(13)12-9(7)4-6/h2-4,8H,5,11H2,1H3,(H,12,13). The normalized spacial score (nSPS) is 19.9. The van der Waals surface area contributed by atoms with Gasteiger partial charge in [-0.3, -0.25) is 4.79 Å². The Morgan fingerprint density at radius 2 is 2.36 bits per heavy atom. The van der Waals surface area contributed by atoms with Crippen LogP contribution in [0.4, 0.5) is 5.69 Å². The lowest BCUT2D eigenvalue weighted by Gasteiger charge is -2.22. The number of nitrogens with one attached hydrogen (secondary N) is 1. The number of hydrogen-bond donors (Lipinski definition) is 2. The number of nitrogens with two attached hydrogens (primary N) is 1. The Balaban J connectivity index is 2.43. The molecule has 74 valence electrons. The molecule has 1 heterocycles. The molecule has 14 heavy (non-hydrogen) atoms. The quantitative estimate of drug-likeness (QED) is 0.698. The van der Waals surface area contributed by atoms with Gasteiger partial charge in [-0.25, -0.2) is 0 Å². The first-order valence-electron chi connectivity index (χ1n) is 4.44. The lowest BCUT2D eigenvalue weighted by Crippen LogP contribution is -2.27. The van der Waals surface area contributed by atoms with Crippen molar-refractivity contribution < 1.29 is 9.53 Å². The van der Waals surface area contributed by atoms with Crippen LogP contribution in [-0.4, -0.2) is 13.0 Å². The summed E-state index contributed by atoms with van der Waals surface area (Å²) in [6.45, 7) is 0. The van der Waals surface area contributed by atoms with Crippen molar-refractivity contribution in [3.05, 3.63) is 23.8 Å². The molecule has 0 aliphatic carbocycles. The summed E-state index contributed by atoms with van der Waals surface area (Å²) in [5.41, 5.74) is 7.55. The minimum Gasteiger partial charge on any atom is -0.497 e. The third kappa shape index (κ3) is 1.44. The van der Waals surface area contributed by atoms with Crippen LogP contribution in [0.5, 0.6) is 5.75 Å². The van der Waals surface area contributed by atoms with Gasteiger partial charge in [0.25, 0.3) is 0 Å². The average molecular weight is 192 g/mol. The zero-order chi connectivity index (χ0) is 10.1. The van der Waals surface area contributed by atoms with E-state index >= 15 is 0 Å². The first-order valence-corrected chi connectivity index (χ1v) is 4.44. The van der Waals surface area contributed by atoms with Crippen LogP contribution in [0, 0.1) is 0 Å². The van der Waals surface area contributed by atoms with Gasteiger partial charge in [0.2, 0.25) is 5.91 Å². The van der Waals surface area contributed by atoms with Crippen molar-refractivity contribution in [2.45, 2.75) is 12.5 Å². The molecule has 3 N–H and O–H groups in total. The Kier molecular flexibility index (Phi) is 2.13. The largest absolute Gasteiger partial charge is 0.497 e. The van der Waals surface area contributed by atoms with Crippen molar-refractivity contribution in [1.29, 1.82) is 0 Å². The molecule has 0 bridgehead atoms. The summed E-state index contributed by atoms with van der Waals surface area (Å²) in [7, 11) is 1.59. The molecular formula is C10H12N2O2. The lowest BCUT2D eigenvalue weighted by molar-refractivity contribution is -0.116. The smallest absolute Gasteiger partial charge is 0.226 e. The highest BCUT2D eigenvalue weighted by Gasteiger charge is 2.21. The second-order valence-electron chi connectivity index (χ2n) is 3.31. The molecule has 1 unspecified atom stereocenters. The Morgan fingerprint density at radius 3 is 3.07 bits per heavy atom. The van der Waals surface area contributed by atoms with Crippen molar-refractivity contribution in [2.24, 2.45) is 5.73 Å². The van der Waals surface area contributed by atoms with E-state index in [1.165, 1.54) is 0 Å². The predicted molar refractivity (Wildman–Crippen MR) is 53.2 cm³/mol.